The lowest BCUT2D eigenvalue weighted by atomic mass is 10.0. The minimum Gasteiger partial charge on any atom is -0.492 e. The molecule has 1 aromatic carbocycles. The van der Waals surface area contributed by atoms with E-state index in [2.05, 4.69) is 37.1 Å². The molecule has 1 saturated heterocycles. The van der Waals surface area contributed by atoms with Crippen LogP contribution in [0.4, 0.5) is 11.5 Å². The molecule has 0 unspecified atom stereocenters. The van der Waals surface area contributed by atoms with E-state index in [1.807, 2.05) is 31.2 Å². The van der Waals surface area contributed by atoms with Crippen molar-refractivity contribution in [2.45, 2.75) is 6.92 Å². The highest BCUT2D eigenvalue weighted by Crippen LogP contribution is 2.26. The van der Waals surface area contributed by atoms with Crippen LogP contribution in [0.2, 0.25) is 0 Å². The highest BCUT2D eigenvalue weighted by molar-refractivity contribution is 6.05. The third-order valence-corrected chi connectivity index (χ3v) is 5.71. The first kappa shape index (κ1) is 25.4. The fraction of sp³-hybridized carbons (Fsp3) is 0.333. The molecule has 1 amide bonds. The van der Waals surface area contributed by atoms with Gasteiger partial charge in [0.2, 0.25) is 0 Å². The molecule has 1 aliphatic heterocycles. The second-order valence-electron chi connectivity index (χ2n) is 8.15. The normalized spacial score (nSPS) is 14.3. The Balaban J connectivity index is 0.00000324. The molecule has 0 spiro atoms. The van der Waals surface area contributed by atoms with Crippen molar-refractivity contribution in [1.29, 1.82) is 0 Å². The number of aromatic nitrogens is 3. The van der Waals surface area contributed by atoms with Crippen molar-refractivity contribution in [3.05, 3.63) is 60.2 Å². The predicted octanol–water partition coefficient (Wildman–Crippen LogP) is 2.73. The number of pyridine rings is 1. The molecule has 0 saturated carbocycles. The lowest BCUT2D eigenvalue weighted by molar-refractivity contribution is 0.102. The molecule has 3 N–H and O–H groups in total. The number of nitrogens with one attached hydrogen (secondary N) is 1. The number of piperazine rings is 1. The number of halogens is 1. The van der Waals surface area contributed by atoms with Crippen molar-refractivity contribution in [2.75, 3.05) is 57.4 Å². The summed E-state index contributed by atoms with van der Waals surface area (Å²) in [5.41, 5.74) is 9.25. The Morgan fingerprint density at radius 3 is 2.53 bits per heavy atom. The molecule has 34 heavy (non-hydrogen) atoms. The van der Waals surface area contributed by atoms with E-state index in [4.69, 9.17) is 10.5 Å². The number of hydrogen-bond acceptors (Lipinski definition) is 8. The van der Waals surface area contributed by atoms with Gasteiger partial charge in [0, 0.05) is 50.7 Å². The van der Waals surface area contributed by atoms with Crippen LogP contribution in [0, 0.1) is 6.92 Å². The minimum absolute atomic E-state index is 0. The van der Waals surface area contributed by atoms with Crippen molar-refractivity contribution in [2.24, 2.45) is 0 Å². The average molecular weight is 484 g/mol. The molecule has 4 rings (SSSR count). The van der Waals surface area contributed by atoms with Crippen LogP contribution < -0.4 is 15.8 Å². The van der Waals surface area contributed by atoms with Gasteiger partial charge < -0.3 is 20.7 Å². The number of benzene rings is 1. The molecular weight excluding hydrogens is 454 g/mol. The fourth-order valence-corrected chi connectivity index (χ4v) is 3.72. The van der Waals surface area contributed by atoms with Gasteiger partial charge in [0.1, 0.15) is 12.4 Å². The third kappa shape index (κ3) is 6.40. The Labute approximate surface area is 205 Å². The van der Waals surface area contributed by atoms with Gasteiger partial charge in [0.05, 0.1) is 17.6 Å². The van der Waals surface area contributed by atoms with Gasteiger partial charge in [-0.1, -0.05) is 0 Å². The van der Waals surface area contributed by atoms with Crippen LogP contribution in [0.3, 0.4) is 0 Å². The summed E-state index contributed by atoms with van der Waals surface area (Å²) in [5.74, 6) is 0.515. The molecule has 9 nitrogen and oxygen atoms in total. The summed E-state index contributed by atoms with van der Waals surface area (Å²) in [7, 11) is 2.16. The van der Waals surface area contributed by atoms with Crippen LogP contribution in [0.15, 0.2) is 48.9 Å². The van der Waals surface area contributed by atoms with Gasteiger partial charge in [-0.05, 0) is 49.9 Å². The number of ether oxygens (including phenoxy) is 1. The number of aryl methyl sites for hydroxylation is 1. The van der Waals surface area contributed by atoms with Gasteiger partial charge in [-0.15, -0.1) is 12.4 Å². The van der Waals surface area contributed by atoms with E-state index >= 15 is 0 Å². The third-order valence-electron chi connectivity index (χ3n) is 5.71. The highest BCUT2D eigenvalue weighted by atomic mass is 35.5. The smallest absolute Gasteiger partial charge is 0.278 e. The highest BCUT2D eigenvalue weighted by Gasteiger charge is 2.14. The van der Waals surface area contributed by atoms with Crippen molar-refractivity contribution < 1.29 is 9.53 Å². The molecular formula is C24H30ClN7O2. The summed E-state index contributed by atoms with van der Waals surface area (Å²) < 4.78 is 5.98. The summed E-state index contributed by atoms with van der Waals surface area (Å²) in [6.45, 7) is 8.04. The molecule has 0 bridgehead atoms. The number of hydrogen-bond donors (Lipinski definition) is 2. The lowest BCUT2D eigenvalue weighted by Gasteiger charge is -2.32. The Morgan fingerprint density at radius 2 is 1.85 bits per heavy atom. The summed E-state index contributed by atoms with van der Waals surface area (Å²) in [5, 5.41) is 2.74. The van der Waals surface area contributed by atoms with Gasteiger partial charge in [-0.3, -0.25) is 14.7 Å². The zero-order valence-corrected chi connectivity index (χ0v) is 20.2. The van der Waals surface area contributed by atoms with E-state index in [1.54, 1.807) is 12.3 Å². The number of amides is 1. The number of nitrogen functional groups attached to an aromatic ring is 1. The van der Waals surface area contributed by atoms with E-state index in [0.29, 0.717) is 12.3 Å². The first-order valence-electron chi connectivity index (χ1n) is 11.0. The van der Waals surface area contributed by atoms with Crippen LogP contribution in [0.1, 0.15) is 16.1 Å². The Kier molecular flexibility index (Phi) is 8.75. The fourth-order valence-electron chi connectivity index (χ4n) is 3.72. The minimum atomic E-state index is -0.426. The number of rotatable bonds is 7. The maximum Gasteiger partial charge on any atom is 0.278 e. The van der Waals surface area contributed by atoms with Crippen LogP contribution in [0.25, 0.3) is 11.3 Å². The molecule has 1 aliphatic rings. The quantitative estimate of drug-likeness (QED) is 0.528. The van der Waals surface area contributed by atoms with Gasteiger partial charge >= 0.3 is 0 Å². The van der Waals surface area contributed by atoms with Crippen molar-refractivity contribution >= 4 is 29.8 Å². The molecule has 0 aliphatic carbocycles. The second kappa shape index (κ2) is 11.7. The molecule has 0 atom stereocenters. The van der Waals surface area contributed by atoms with E-state index in [9.17, 15) is 4.79 Å². The zero-order chi connectivity index (χ0) is 23.2. The molecule has 3 aromatic rings. The SMILES string of the molecule is Cc1cc(OCCN2CCN(C)CC2)ccc1-c1ccc(NC(=O)c2nccnc2N)cn1.Cl. The topological polar surface area (TPSA) is 110 Å². The number of likely N-dealkylation sites (N-methyl/N-ethyl adjacent to an activating group) is 1. The maximum absolute atomic E-state index is 12.3. The first-order valence-corrected chi connectivity index (χ1v) is 11.0. The largest absolute Gasteiger partial charge is 0.492 e. The average Bonchev–Trinajstić information content (AvgIpc) is 2.81. The lowest BCUT2D eigenvalue weighted by Crippen LogP contribution is -2.45. The molecule has 0 radical (unpaired) electrons. The molecule has 10 heteroatoms. The predicted molar refractivity (Wildman–Crippen MR) is 135 cm³/mol. The van der Waals surface area contributed by atoms with Crippen LogP contribution >= 0.6 is 12.4 Å². The standard InChI is InChI=1S/C24H29N7O2.ClH/c1-17-15-19(33-14-13-31-11-9-30(2)10-12-31)4-5-20(17)21-6-3-18(16-28-21)29-24(32)22-23(25)27-8-7-26-22;/h3-8,15-16H,9-14H2,1-2H3,(H2,25,27)(H,29,32);1H. The number of nitrogens with two attached hydrogens (primary N) is 1. The van der Waals surface area contributed by atoms with Gasteiger partial charge in [0.15, 0.2) is 11.5 Å². The zero-order valence-electron chi connectivity index (χ0n) is 19.4. The van der Waals surface area contributed by atoms with Crippen LogP contribution in [0.5, 0.6) is 5.75 Å². The van der Waals surface area contributed by atoms with Crippen LogP contribution in [-0.2, 0) is 0 Å². The summed E-state index contributed by atoms with van der Waals surface area (Å²) >= 11 is 0. The maximum atomic E-state index is 12.3. The number of nitrogens with zero attached hydrogens (tertiary/aromatic N) is 5. The summed E-state index contributed by atoms with van der Waals surface area (Å²) in [6, 6.07) is 9.69. The first-order chi connectivity index (χ1) is 16.0. The molecule has 2 aromatic heterocycles. The molecule has 180 valence electrons. The van der Waals surface area contributed by atoms with Crippen molar-refractivity contribution in [1.82, 2.24) is 24.8 Å². The summed E-state index contributed by atoms with van der Waals surface area (Å²) in [4.78, 5) is 29.5. The van der Waals surface area contributed by atoms with Crippen molar-refractivity contribution in [3.8, 4) is 17.0 Å². The Hall–Kier alpha value is -3.27. The Bertz CT molecular complexity index is 1100. The number of anilines is 2. The van der Waals surface area contributed by atoms with Crippen molar-refractivity contribution in [3.63, 3.8) is 0 Å². The monoisotopic (exact) mass is 483 g/mol. The molecule has 3 heterocycles. The van der Waals surface area contributed by atoms with Gasteiger partial charge in [-0.25, -0.2) is 9.97 Å². The number of carbonyl (C=O) groups excluding carboxylic acids is 1. The Morgan fingerprint density at radius 1 is 1.09 bits per heavy atom. The van der Waals surface area contributed by atoms with E-state index < -0.39 is 5.91 Å². The van der Waals surface area contributed by atoms with Gasteiger partial charge in [0.25, 0.3) is 5.91 Å². The van der Waals surface area contributed by atoms with Gasteiger partial charge in [-0.2, -0.15) is 0 Å². The second-order valence-corrected chi connectivity index (χ2v) is 8.15. The van der Waals surface area contributed by atoms with E-state index in [0.717, 1.165) is 55.3 Å². The van der Waals surface area contributed by atoms with Crippen LogP contribution in [-0.4, -0.2) is 77.0 Å². The number of carbonyl (C=O) groups is 1. The van der Waals surface area contributed by atoms with E-state index in [1.165, 1.54) is 12.4 Å². The molecule has 1 fully saturated rings. The van der Waals surface area contributed by atoms with E-state index in [-0.39, 0.29) is 23.9 Å². The summed E-state index contributed by atoms with van der Waals surface area (Å²) in [6.07, 6.45) is 4.48.